The van der Waals surface area contributed by atoms with E-state index >= 15 is 0 Å². The summed E-state index contributed by atoms with van der Waals surface area (Å²) in [7, 11) is 3.45. The molecule has 2 aromatic rings. The summed E-state index contributed by atoms with van der Waals surface area (Å²) in [5, 5.41) is 7.33. The number of aliphatic imine (C=N–C) groups is 1. The van der Waals surface area contributed by atoms with Crippen LogP contribution in [0.3, 0.4) is 0 Å². The van der Waals surface area contributed by atoms with Gasteiger partial charge in [0.25, 0.3) is 0 Å². The molecule has 0 radical (unpaired) electrons. The van der Waals surface area contributed by atoms with Crippen molar-refractivity contribution >= 4 is 41.5 Å². The van der Waals surface area contributed by atoms with E-state index < -0.39 is 0 Å². The lowest BCUT2D eigenvalue weighted by Gasteiger charge is -2.13. The third-order valence-electron chi connectivity index (χ3n) is 3.72. The van der Waals surface area contributed by atoms with Gasteiger partial charge in [0.05, 0.1) is 6.61 Å². The molecule has 0 bridgehead atoms. The maximum Gasteiger partial charge on any atom is 0.191 e. The summed E-state index contributed by atoms with van der Waals surface area (Å²) in [6.07, 6.45) is 0.875. The Bertz CT molecular complexity index is 696. The number of guanidine groups is 1. The molecule has 148 valence electrons. The normalized spacial score (nSPS) is 10.9. The molecule has 0 fully saturated rings. The van der Waals surface area contributed by atoms with Crippen molar-refractivity contribution in [1.29, 1.82) is 0 Å². The molecule has 2 rings (SSSR count). The van der Waals surface area contributed by atoms with E-state index in [9.17, 15) is 0 Å². The van der Waals surface area contributed by atoms with Crippen LogP contribution in [0.5, 0.6) is 5.75 Å². The van der Waals surface area contributed by atoms with E-state index in [0.717, 1.165) is 34.3 Å². The molecule has 0 aromatic heterocycles. The second-order valence-corrected chi connectivity index (χ2v) is 6.18. The molecule has 0 spiro atoms. The molecule has 0 saturated carbocycles. The van der Waals surface area contributed by atoms with E-state index in [2.05, 4.69) is 21.7 Å². The van der Waals surface area contributed by atoms with Crippen LogP contribution in [0.25, 0.3) is 0 Å². The summed E-state index contributed by atoms with van der Waals surface area (Å²) in [6, 6.07) is 15.8. The topological polar surface area (TPSA) is 54.9 Å². The summed E-state index contributed by atoms with van der Waals surface area (Å²) < 4.78 is 10.8. The van der Waals surface area contributed by atoms with Crippen molar-refractivity contribution in [3.8, 4) is 5.75 Å². The van der Waals surface area contributed by atoms with E-state index in [4.69, 9.17) is 21.1 Å². The number of hydrogen-bond acceptors (Lipinski definition) is 3. The third kappa shape index (κ3) is 9.30. The van der Waals surface area contributed by atoms with Crippen LogP contribution in [0.2, 0.25) is 5.02 Å². The van der Waals surface area contributed by atoms with E-state index in [1.165, 1.54) is 0 Å². The number of halogens is 2. The van der Waals surface area contributed by atoms with E-state index in [1.54, 1.807) is 14.2 Å². The zero-order valence-corrected chi connectivity index (χ0v) is 18.8. The molecule has 0 aliphatic heterocycles. The first kappa shape index (κ1) is 23.5. The van der Waals surface area contributed by atoms with Crippen LogP contribution in [0.15, 0.2) is 53.5 Å². The first-order valence-corrected chi connectivity index (χ1v) is 8.98. The number of ether oxygens (including phenoxy) is 2. The number of benzene rings is 2. The summed E-state index contributed by atoms with van der Waals surface area (Å²) in [5.41, 5.74) is 2.27. The van der Waals surface area contributed by atoms with E-state index in [0.29, 0.717) is 26.3 Å². The van der Waals surface area contributed by atoms with Gasteiger partial charge in [-0.25, -0.2) is 0 Å². The van der Waals surface area contributed by atoms with Gasteiger partial charge in [0.15, 0.2) is 5.96 Å². The van der Waals surface area contributed by atoms with Gasteiger partial charge in [0.2, 0.25) is 0 Å². The third-order valence-corrected chi connectivity index (χ3v) is 3.97. The average molecular weight is 504 g/mol. The van der Waals surface area contributed by atoms with Crippen molar-refractivity contribution in [1.82, 2.24) is 10.6 Å². The van der Waals surface area contributed by atoms with Gasteiger partial charge in [-0.2, -0.15) is 0 Å². The smallest absolute Gasteiger partial charge is 0.191 e. The highest BCUT2D eigenvalue weighted by atomic mass is 127. The SMILES string of the molecule is CN=C(NCc1ccc(Cl)cc1)NCc1cccc(OCCCOC)c1.I. The highest BCUT2D eigenvalue weighted by Gasteiger charge is 2.01. The van der Waals surface area contributed by atoms with Crippen molar-refractivity contribution in [2.24, 2.45) is 4.99 Å². The molecule has 2 N–H and O–H groups in total. The first-order chi connectivity index (χ1) is 12.7. The lowest BCUT2D eigenvalue weighted by atomic mass is 10.2. The molecule has 0 aliphatic carbocycles. The second kappa shape index (κ2) is 13.6. The van der Waals surface area contributed by atoms with Gasteiger partial charge in [0, 0.05) is 45.3 Å². The fourth-order valence-corrected chi connectivity index (χ4v) is 2.46. The molecule has 5 nitrogen and oxygen atoms in total. The quantitative estimate of drug-likeness (QED) is 0.233. The number of nitrogens with zero attached hydrogens (tertiary/aromatic N) is 1. The van der Waals surface area contributed by atoms with Gasteiger partial charge in [0.1, 0.15) is 5.75 Å². The fraction of sp³-hybridized carbons (Fsp3) is 0.350. The Labute approximate surface area is 183 Å². The number of hydrogen-bond donors (Lipinski definition) is 2. The number of methoxy groups -OCH3 is 1. The molecule has 0 aliphatic rings. The minimum Gasteiger partial charge on any atom is -0.493 e. The van der Waals surface area contributed by atoms with Crippen LogP contribution in [-0.4, -0.2) is 33.3 Å². The lowest BCUT2D eigenvalue weighted by Crippen LogP contribution is -2.36. The zero-order valence-electron chi connectivity index (χ0n) is 15.7. The molecule has 7 heteroatoms. The largest absolute Gasteiger partial charge is 0.493 e. The van der Waals surface area contributed by atoms with Crippen molar-refractivity contribution in [3.63, 3.8) is 0 Å². The van der Waals surface area contributed by atoms with Crippen LogP contribution < -0.4 is 15.4 Å². The Kier molecular flexibility index (Phi) is 11.9. The summed E-state index contributed by atoms with van der Waals surface area (Å²) in [6.45, 7) is 2.70. The molecule has 0 amide bonds. The molecule has 27 heavy (non-hydrogen) atoms. The Hall–Kier alpha value is -1.51. The molecule has 0 unspecified atom stereocenters. The van der Waals surface area contributed by atoms with Crippen LogP contribution >= 0.6 is 35.6 Å². The average Bonchev–Trinajstić information content (AvgIpc) is 2.67. The monoisotopic (exact) mass is 503 g/mol. The number of nitrogens with one attached hydrogen (secondary N) is 2. The highest BCUT2D eigenvalue weighted by Crippen LogP contribution is 2.13. The minimum atomic E-state index is 0. The van der Waals surface area contributed by atoms with Crippen LogP contribution in [0.4, 0.5) is 0 Å². The maximum absolute atomic E-state index is 5.91. The van der Waals surface area contributed by atoms with Crippen molar-refractivity contribution in [3.05, 3.63) is 64.7 Å². The Morgan fingerprint density at radius 1 is 1.00 bits per heavy atom. The summed E-state index contributed by atoms with van der Waals surface area (Å²) >= 11 is 5.91. The van der Waals surface area contributed by atoms with Gasteiger partial charge in [-0.1, -0.05) is 35.9 Å². The standard InChI is InChI=1S/C20H26ClN3O2.HI/c1-22-20(23-14-16-7-9-18(21)10-8-16)24-15-17-5-3-6-19(13-17)26-12-4-11-25-2;/h3,5-10,13H,4,11-12,14-15H2,1-2H3,(H2,22,23,24);1H. The lowest BCUT2D eigenvalue weighted by molar-refractivity contribution is 0.172. The van der Waals surface area contributed by atoms with Crippen molar-refractivity contribution in [2.45, 2.75) is 19.5 Å². The van der Waals surface area contributed by atoms with E-state index in [-0.39, 0.29) is 24.0 Å². The summed E-state index contributed by atoms with van der Waals surface area (Å²) in [4.78, 5) is 4.25. The van der Waals surface area contributed by atoms with Crippen LogP contribution in [0, 0.1) is 0 Å². The molecule has 2 aromatic carbocycles. The van der Waals surface area contributed by atoms with Gasteiger partial charge < -0.3 is 20.1 Å². The molecular weight excluding hydrogens is 477 g/mol. The van der Waals surface area contributed by atoms with Gasteiger partial charge in [-0.3, -0.25) is 4.99 Å². The van der Waals surface area contributed by atoms with Gasteiger partial charge >= 0.3 is 0 Å². The Morgan fingerprint density at radius 3 is 2.37 bits per heavy atom. The first-order valence-electron chi connectivity index (χ1n) is 8.61. The predicted octanol–water partition coefficient (Wildman–Crippen LogP) is 4.24. The molecule has 0 saturated heterocycles. The minimum absolute atomic E-state index is 0. The molecule has 0 atom stereocenters. The van der Waals surface area contributed by atoms with Gasteiger partial charge in [-0.15, -0.1) is 24.0 Å². The maximum atomic E-state index is 5.91. The predicted molar refractivity (Wildman–Crippen MR) is 122 cm³/mol. The van der Waals surface area contributed by atoms with Crippen LogP contribution in [0.1, 0.15) is 17.5 Å². The van der Waals surface area contributed by atoms with Crippen LogP contribution in [-0.2, 0) is 17.8 Å². The second-order valence-electron chi connectivity index (χ2n) is 5.75. The number of rotatable bonds is 9. The van der Waals surface area contributed by atoms with Crippen molar-refractivity contribution in [2.75, 3.05) is 27.4 Å². The van der Waals surface area contributed by atoms with Gasteiger partial charge in [-0.05, 0) is 35.4 Å². The highest BCUT2D eigenvalue weighted by molar-refractivity contribution is 14.0. The molecule has 0 heterocycles. The Morgan fingerprint density at radius 2 is 1.70 bits per heavy atom. The summed E-state index contributed by atoms with van der Waals surface area (Å²) in [5.74, 6) is 1.61. The Balaban J connectivity index is 0.00000364. The zero-order chi connectivity index (χ0) is 18.6. The van der Waals surface area contributed by atoms with Crippen molar-refractivity contribution < 1.29 is 9.47 Å². The molecular formula is C20H27ClIN3O2. The fourth-order valence-electron chi connectivity index (χ4n) is 2.33. The van der Waals surface area contributed by atoms with E-state index in [1.807, 2.05) is 42.5 Å².